The van der Waals surface area contributed by atoms with Gasteiger partial charge in [0.25, 0.3) is 5.91 Å². The Morgan fingerprint density at radius 2 is 1.80 bits per heavy atom. The monoisotopic (exact) mass is 422 g/mol. The molecule has 0 atom stereocenters. The lowest BCUT2D eigenvalue weighted by atomic mass is 10.1. The van der Waals surface area contributed by atoms with Crippen molar-refractivity contribution in [1.82, 2.24) is 4.98 Å². The molecule has 2 aromatic carbocycles. The van der Waals surface area contributed by atoms with Crippen LogP contribution < -0.4 is 10.1 Å². The van der Waals surface area contributed by atoms with Crippen LogP contribution in [-0.2, 0) is 9.84 Å². The van der Waals surface area contributed by atoms with Gasteiger partial charge in [-0.3, -0.25) is 4.79 Å². The van der Waals surface area contributed by atoms with Gasteiger partial charge < -0.3 is 14.5 Å². The average Bonchev–Trinajstić information content (AvgIpc) is 3.08. The number of carbonyl (C=O) groups is 1. The van der Waals surface area contributed by atoms with E-state index in [4.69, 9.17) is 9.15 Å². The van der Waals surface area contributed by atoms with Crippen LogP contribution in [0.25, 0.3) is 11.0 Å². The van der Waals surface area contributed by atoms with Gasteiger partial charge in [0.2, 0.25) is 0 Å². The summed E-state index contributed by atoms with van der Waals surface area (Å²) in [6, 6.07) is 16.4. The molecule has 0 bridgehead atoms. The molecule has 8 heteroatoms. The molecule has 0 radical (unpaired) electrons. The Kier molecular flexibility index (Phi) is 5.01. The number of benzene rings is 2. The normalized spacial score (nSPS) is 11.4. The predicted octanol–water partition coefficient (Wildman–Crippen LogP) is 4.58. The van der Waals surface area contributed by atoms with E-state index in [0.717, 1.165) is 6.26 Å². The quantitative estimate of drug-likeness (QED) is 0.505. The standard InChI is InChI=1S/C22H18N2O5S/c1-14-11-15-12-17(29-16-6-8-18(9-7-16)30(2,26)27)13-19(21(15)28-14)22(25)24-20-5-3-4-10-23-20/h3-13H,1-2H3,(H,23,24,25). The molecule has 4 rings (SSSR count). The Labute approximate surface area is 173 Å². The van der Waals surface area contributed by atoms with E-state index in [1.54, 1.807) is 55.6 Å². The van der Waals surface area contributed by atoms with E-state index in [2.05, 4.69) is 10.3 Å². The Morgan fingerprint density at radius 3 is 2.47 bits per heavy atom. The molecule has 0 spiro atoms. The molecular weight excluding hydrogens is 404 g/mol. The number of hydrogen-bond donors (Lipinski definition) is 1. The smallest absolute Gasteiger partial charge is 0.260 e. The van der Waals surface area contributed by atoms with Gasteiger partial charge >= 0.3 is 0 Å². The maximum atomic E-state index is 12.9. The van der Waals surface area contributed by atoms with Gasteiger partial charge in [0, 0.05) is 17.8 Å². The highest BCUT2D eigenvalue weighted by atomic mass is 32.2. The zero-order chi connectivity index (χ0) is 21.3. The molecule has 7 nitrogen and oxygen atoms in total. The van der Waals surface area contributed by atoms with Gasteiger partial charge in [0.05, 0.1) is 10.5 Å². The Bertz CT molecular complexity index is 1330. The van der Waals surface area contributed by atoms with Crippen molar-refractivity contribution in [2.24, 2.45) is 0 Å². The average molecular weight is 422 g/mol. The number of carbonyl (C=O) groups excluding carboxylic acids is 1. The first-order chi connectivity index (χ1) is 14.3. The van der Waals surface area contributed by atoms with Gasteiger partial charge in [-0.25, -0.2) is 13.4 Å². The molecule has 0 saturated heterocycles. The molecule has 1 N–H and O–H groups in total. The first-order valence-corrected chi connectivity index (χ1v) is 10.9. The van der Waals surface area contributed by atoms with E-state index in [9.17, 15) is 13.2 Å². The van der Waals surface area contributed by atoms with E-state index in [-0.39, 0.29) is 10.8 Å². The maximum absolute atomic E-state index is 12.9. The lowest BCUT2D eigenvalue weighted by Gasteiger charge is -2.10. The van der Waals surface area contributed by atoms with E-state index in [1.807, 2.05) is 6.07 Å². The summed E-state index contributed by atoms with van der Waals surface area (Å²) in [6.45, 7) is 1.80. The Morgan fingerprint density at radius 1 is 1.03 bits per heavy atom. The number of ether oxygens (including phenoxy) is 1. The maximum Gasteiger partial charge on any atom is 0.260 e. The number of anilines is 1. The van der Waals surface area contributed by atoms with Crippen LogP contribution in [0, 0.1) is 6.92 Å². The number of aryl methyl sites for hydroxylation is 1. The molecule has 0 aliphatic heterocycles. The van der Waals surface area contributed by atoms with Crippen LogP contribution in [-0.4, -0.2) is 25.6 Å². The summed E-state index contributed by atoms with van der Waals surface area (Å²) in [7, 11) is -3.29. The van der Waals surface area contributed by atoms with Gasteiger partial charge in [-0.05, 0) is 61.5 Å². The number of nitrogens with one attached hydrogen (secondary N) is 1. The molecule has 0 saturated carbocycles. The van der Waals surface area contributed by atoms with Crippen LogP contribution in [0.5, 0.6) is 11.5 Å². The number of fused-ring (bicyclic) bond motifs is 1. The number of rotatable bonds is 5. The minimum Gasteiger partial charge on any atom is -0.461 e. The molecular formula is C22H18N2O5S. The van der Waals surface area contributed by atoms with E-state index < -0.39 is 9.84 Å². The first-order valence-electron chi connectivity index (χ1n) is 9.04. The molecule has 0 aliphatic carbocycles. The van der Waals surface area contributed by atoms with Crippen molar-refractivity contribution >= 4 is 32.5 Å². The summed E-state index contributed by atoms with van der Waals surface area (Å²) in [4.78, 5) is 17.2. The van der Waals surface area contributed by atoms with Gasteiger partial charge in [-0.15, -0.1) is 0 Å². The van der Waals surface area contributed by atoms with Gasteiger partial charge in [0.1, 0.15) is 28.7 Å². The van der Waals surface area contributed by atoms with Crippen LogP contribution in [0.15, 0.2) is 76.2 Å². The molecule has 30 heavy (non-hydrogen) atoms. The Balaban J connectivity index is 1.68. The highest BCUT2D eigenvalue weighted by Gasteiger charge is 2.17. The zero-order valence-corrected chi connectivity index (χ0v) is 17.1. The van der Waals surface area contributed by atoms with Crippen molar-refractivity contribution < 1.29 is 22.4 Å². The summed E-state index contributed by atoms with van der Waals surface area (Å²) >= 11 is 0. The molecule has 0 unspecified atom stereocenters. The second-order valence-corrected chi connectivity index (χ2v) is 8.78. The largest absolute Gasteiger partial charge is 0.461 e. The van der Waals surface area contributed by atoms with E-state index >= 15 is 0 Å². The third-order valence-corrected chi connectivity index (χ3v) is 5.48. The van der Waals surface area contributed by atoms with Crippen molar-refractivity contribution in [2.45, 2.75) is 11.8 Å². The van der Waals surface area contributed by atoms with Crippen LogP contribution in [0.3, 0.4) is 0 Å². The number of sulfone groups is 1. The zero-order valence-electron chi connectivity index (χ0n) is 16.2. The summed E-state index contributed by atoms with van der Waals surface area (Å²) < 4.78 is 34.8. The summed E-state index contributed by atoms with van der Waals surface area (Å²) in [6.07, 6.45) is 2.73. The fourth-order valence-electron chi connectivity index (χ4n) is 2.99. The topological polar surface area (TPSA) is 98.5 Å². The highest BCUT2D eigenvalue weighted by molar-refractivity contribution is 7.90. The molecule has 2 heterocycles. The van der Waals surface area contributed by atoms with Crippen LogP contribution in [0.1, 0.15) is 16.1 Å². The van der Waals surface area contributed by atoms with E-state index in [1.165, 1.54) is 12.1 Å². The lowest BCUT2D eigenvalue weighted by Crippen LogP contribution is -2.13. The molecule has 0 fully saturated rings. The van der Waals surface area contributed by atoms with E-state index in [0.29, 0.717) is 39.6 Å². The van der Waals surface area contributed by atoms with Gasteiger partial charge in [-0.1, -0.05) is 6.07 Å². The molecule has 0 aliphatic rings. The number of furan rings is 1. The fraction of sp³-hybridized carbons (Fsp3) is 0.0909. The number of amides is 1. The van der Waals surface area contributed by atoms with Crippen LogP contribution in [0.2, 0.25) is 0 Å². The Hall–Kier alpha value is -3.65. The highest BCUT2D eigenvalue weighted by Crippen LogP contribution is 2.31. The number of hydrogen-bond acceptors (Lipinski definition) is 6. The van der Waals surface area contributed by atoms with Crippen molar-refractivity contribution in [2.75, 3.05) is 11.6 Å². The summed E-state index contributed by atoms with van der Waals surface area (Å²) in [5.41, 5.74) is 0.745. The fourth-order valence-corrected chi connectivity index (χ4v) is 3.62. The SMILES string of the molecule is Cc1cc2cc(Oc3ccc(S(C)(=O)=O)cc3)cc(C(=O)Nc3ccccn3)c2o1. The second-order valence-electron chi connectivity index (χ2n) is 6.76. The molecule has 1 amide bonds. The van der Waals surface area contributed by atoms with Crippen LogP contribution in [0.4, 0.5) is 5.82 Å². The van der Waals surface area contributed by atoms with Crippen molar-refractivity contribution in [1.29, 1.82) is 0 Å². The lowest BCUT2D eigenvalue weighted by molar-refractivity contribution is 0.102. The minimum atomic E-state index is -3.29. The minimum absolute atomic E-state index is 0.200. The van der Waals surface area contributed by atoms with Gasteiger partial charge in [-0.2, -0.15) is 0 Å². The molecule has 4 aromatic rings. The third-order valence-electron chi connectivity index (χ3n) is 4.35. The van der Waals surface area contributed by atoms with Crippen molar-refractivity contribution in [3.8, 4) is 11.5 Å². The van der Waals surface area contributed by atoms with Crippen molar-refractivity contribution in [3.05, 3.63) is 78.2 Å². The number of pyridine rings is 1. The summed E-state index contributed by atoms with van der Waals surface area (Å²) in [5.74, 6) is 1.55. The number of nitrogens with zero attached hydrogens (tertiary/aromatic N) is 1. The summed E-state index contributed by atoms with van der Waals surface area (Å²) in [5, 5.41) is 3.45. The van der Waals surface area contributed by atoms with Gasteiger partial charge in [0.15, 0.2) is 9.84 Å². The van der Waals surface area contributed by atoms with Crippen LogP contribution >= 0.6 is 0 Å². The first kappa shape index (κ1) is 19.7. The van der Waals surface area contributed by atoms with Crippen molar-refractivity contribution in [3.63, 3.8) is 0 Å². The molecule has 2 aromatic heterocycles. The third kappa shape index (κ3) is 4.18. The molecule has 152 valence electrons. The second kappa shape index (κ2) is 7.64. The number of aromatic nitrogens is 1. The predicted molar refractivity (Wildman–Crippen MR) is 113 cm³/mol.